The first-order chi connectivity index (χ1) is 12.1. The van der Waals surface area contributed by atoms with E-state index >= 15 is 0 Å². The standard InChI is InChI=1S/C20H26N2O3/c1-20(23,18-4-3-11-22(18)2)16-7-9-17(10-8-16)24-12-15-13-25-21-19(15)14-5-6-14/h7-10,13-14,18,23H,3-6,11-12H2,1-2H3/t18-,20?/m1/s1. The number of likely N-dealkylation sites (N-methyl/N-ethyl adjacent to an activating group) is 1. The van der Waals surface area contributed by atoms with Crippen molar-refractivity contribution in [3.05, 3.63) is 47.3 Å². The number of benzene rings is 1. The zero-order valence-electron chi connectivity index (χ0n) is 14.9. The summed E-state index contributed by atoms with van der Waals surface area (Å²) in [5.41, 5.74) is 2.16. The van der Waals surface area contributed by atoms with Gasteiger partial charge in [-0.05, 0) is 63.9 Å². The van der Waals surface area contributed by atoms with Crippen LogP contribution in [0.1, 0.15) is 55.3 Å². The summed E-state index contributed by atoms with van der Waals surface area (Å²) in [7, 11) is 2.08. The molecule has 5 nitrogen and oxygen atoms in total. The second-order valence-corrected chi connectivity index (χ2v) is 7.60. The van der Waals surface area contributed by atoms with Crippen molar-refractivity contribution in [1.29, 1.82) is 0 Å². The van der Waals surface area contributed by atoms with Gasteiger partial charge in [0.2, 0.25) is 0 Å². The topological polar surface area (TPSA) is 58.7 Å². The van der Waals surface area contributed by atoms with Gasteiger partial charge in [0.15, 0.2) is 0 Å². The lowest BCUT2D eigenvalue weighted by molar-refractivity contribution is -0.0153. The molecule has 5 heteroatoms. The third-order valence-corrected chi connectivity index (χ3v) is 5.64. The van der Waals surface area contributed by atoms with E-state index in [-0.39, 0.29) is 6.04 Å². The average molecular weight is 342 g/mol. The van der Waals surface area contributed by atoms with Crippen LogP contribution in [0.3, 0.4) is 0 Å². The van der Waals surface area contributed by atoms with Gasteiger partial charge >= 0.3 is 0 Å². The first-order valence-electron chi connectivity index (χ1n) is 9.15. The van der Waals surface area contributed by atoms with Crippen LogP contribution in [-0.2, 0) is 12.2 Å². The maximum atomic E-state index is 11.0. The van der Waals surface area contributed by atoms with Crippen LogP contribution < -0.4 is 4.74 Å². The molecule has 2 aromatic rings. The minimum atomic E-state index is -0.850. The van der Waals surface area contributed by atoms with Crippen LogP contribution in [0.15, 0.2) is 35.1 Å². The van der Waals surface area contributed by atoms with Gasteiger partial charge in [-0.25, -0.2) is 0 Å². The fraction of sp³-hybridized carbons (Fsp3) is 0.550. The molecule has 2 heterocycles. The second kappa shape index (κ2) is 6.46. The molecule has 134 valence electrons. The molecule has 25 heavy (non-hydrogen) atoms. The van der Waals surface area contributed by atoms with Crippen LogP contribution in [0.5, 0.6) is 5.75 Å². The normalized spacial score (nSPS) is 23.6. The summed E-state index contributed by atoms with van der Waals surface area (Å²) < 4.78 is 11.0. The Labute approximate surface area is 148 Å². The summed E-state index contributed by atoms with van der Waals surface area (Å²) in [6.45, 7) is 3.43. The van der Waals surface area contributed by atoms with Crippen LogP contribution in [-0.4, -0.2) is 34.8 Å². The molecule has 1 aromatic carbocycles. The van der Waals surface area contributed by atoms with Gasteiger partial charge in [-0.15, -0.1) is 0 Å². The Balaban J connectivity index is 1.42. The van der Waals surface area contributed by atoms with Gasteiger partial charge in [0.05, 0.1) is 11.3 Å². The summed E-state index contributed by atoms with van der Waals surface area (Å²) in [5.74, 6) is 1.35. The van der Waals surface area contributed by atoms with E-state index in [0.29, 0.717) is 12.5 Å². The number of aromatic nitrogens is 1. The van der Waals surface area contributed by atoms with Gasteiger partial charge in [-0.1, -0.05) is 17.3 Å². The zero-order valence-corrected chi connectivity index (χ0v) is 14.9. The summed E-state index contributed by atoms with van der Waals surface area (Å²) in [4.78, 5) is 2.25. The smallest absolute Gasteiger partial charge is 0.130 e. The van der Waals surface area contributed by atoms with E-state index in [2.05, 4.69) is 17.1 Å². The molecule has 1 saturated heterocycles. The number of rotatable bonds is 6. The molecular formula is C20H26N2O3. The van der Waals surface area contributed by atoms with E-state index < -0.39 is 5.60 Å². The maximum absolute atomic E-state index is 11.0. The molecule has 1 aromatic heterocycles. The van der Waals surface area contributed by atoms with E-state index in [9.17, 15) is 5.11 Å². The number of nitrogens with zero attached hydrogens (tertiary/aromatic N) is 2. The number of hydrogen-bond acceptors (Lipinski definition) is 5. The monoisotopic (exact) mass is 342 g/mol. The highest BCUT2D eigenvalue weighted by atomic mass is 16.5. The van der Waals surface area contributed by atoms with E-state index in [1.807, 2.05) is 31.2 Å². The third kappa shape index (κ3) is 3.31. The molecular weight excluding hydrogens is 316 g/mol. The number of likely N-dealkylation sites (tertiary alicyclic amines) is 1. The van der Waals surface area contributed by atoms with Crippen molar-refractivity contribution in [2.24, 2.45) is 0 Å². The van der Waals surface area contributed by atoms with Gasteiger partial charge in [-0.3, -0.25) is 0 Å². The van der Waals surface area contributed by atoms with Crippen molar-refractivity contribution < 1.29 is 14.4 Å². The van der Waals surface area contributed by atoms with Gasteiger partial charge < -0.3 is 19.3 Å². The molecule has 1 unspecified atom stereocenters. The fourth-order valence-electron chi connectivity index (χ4n) is 3.93. The molecule has 2 atom stereocenters. The molecule has 2 fully saturated rings. The molecule has 1 aliphatic heterocycles. The van der Waals surface area contributed by atoms with Crippen molar-refractivity contribution in [1.82, 2.24) is 10.1 Å². The minimum Gasteiger partial charge on any atom is -0.489 e. The van der Waals surface area contributed by atoms with Crippen LogP contribution in [0.2, 0.25) is 0 Å². The van der Waals surface area contributed by atoms with E-state index in [1.54, 1.807) is 6.26 Å². The summed E-state index contributed by atoms with van der Waals surface area (Å²) in [6, 6.07) is 7.97. The van der Waals surface area contributed by atoms with Crippen molar-refractivity contribution in [2.45, 2.75) is 56.8 Å². The number of aliphatic hydroxyl groups is 1. The Bertz CT molecular complexity index is 719. The second-order valence-electron chi connectivity index (χ2n) is 7.60. The van der Waals surface area contributed by atoms with Gasteiger partial charge in [0.25, 0.3) is 0 Å². The Kier molecular flexibility index (Phi) is 4.29. The first kappa shape index (κ1) is 16.6. The third-order valence-electron chi connectivity index (χ3n) is 5.64. The van der Waals surface area contributed by atoms with Gasteiger partial charge in [0.1, 0.15) is 24.2 Å². The Morgan fingerprint density at radius 1 is 1.28 bits per heavy atom. The number of hydrogen-bond donors (Lipinski definition) is 1. The fourth-order valence-corrected chi connectivity index (χ4v) is 3.93. The highest BCUT2D eigenvalue weighted by Gasteiger charge is 2.38. The molecule has 1 N–H and O–H groups in total. The molecule has 4 rings (SSSR count). The summed E-state index contributed by atoms with van der Waals surface area (Å²) in [6.07, 6.45) is 6.24. The highest BCUT2D eigenvalue weighted by molar-refractivity contribution is 5.32. The van der Waals surface area contributed by atoms with E-state index in [0.717, 1.165) is 42.0 Å². The molecule has 0 bridgehead atoms. The van der Waals surface area contributed by atoms with Crippen LogP contribution in [0.25, 0.3) is 0 Å². The van der Waals surface area contributed by atoms with Crippen LogP contribution in [0.4, 0.5) is 0 Å². The predicted molar refractivity (Wildman–Crippen MR) is 94.5 cm³/mol. The minimum absolute atomic E-state index is 0.164. The molecule has 1 aliphatic carbocycles. The van der Waals surface area contributed by atoms with Crippen molar-refractivity contribution >= 4 is 0 Å². The molecule has 0 spiro atoms. The lowest BCUT2D eigenvalue weighted by Gasteiger charge is -2.35. The van der Waals surface area contributed by atoms with Crippen molar-refractivity contribution in [2.75, 3.05) is 13.6 Å². The SMILES string of the molecule is CN1CCC[C@@H]1C(C)(O)c1ccc(OCc2conc2C2CC2)cc1. The predicted octanol–water partition coefficient (Wildman–Crippen LogP) is 3.43. The largest absolute Gasteiger partial charge is 0.489 e. The molecule has 0 radical (unpaired) electrons. The summed E-state index contributed by atoms with van der Waals surface area (Å²) >= 11 is 0. The van der Waals surface area contributed by atoms with Crippen LogP contribution in [0, 0.1) is 0 Å². The zero-order chi connectivity index (χ0) is 17.4. The van der Waals surface area contributed by atoms with Crippen LogP contribution >= 0.6 is 0 Å². The van der Waals surface area contributed by atoms with E-state index in [4.69, 9.17) is 9.26 Å². The Morgan fingerprint density at radius 3 is 2.68 bits per heavy atom. The Hall–Kier alpha value is -1.85. The average Bonchev–Trinajstić information content (AvgIpc) is 3.17. The first-order valence-corrected chi connectivity index (χ1v) is 9.15. The maximum Gasteiger partial charge on any atom is 0.130 e. The molecule has 1 saturated carbocycles. The number of ether oxygens (including phenoxy) is 1. The molecule has 0 amide bonds. The lowest BCUT2D eigenvalue weighted by atomic mass is 9.87. The highest BCUT2D eigenvalue weighted by Crippen LogP contribution is 2.41. The molecule has 2 aliphatic rings. The van der Waals surface area contributed by atoms with Gasteiger partial charge in [0, 0.05) is 12.0 Å². The van der Waals surface area contributed by atoms with Gasteiger partial charge in [-0.2, -0.15) is 0 Å². The van der Waals surface area contributed by atoms with Crippen molar-refractivity contribution in [3.63, 3.8) is 0 Å². The Morgan fingerprint density at radius 2 is 2.04 bits per heavy atom. The quantitative estimate of drug-likeness (QED) is 0.871. The summed E-state index contributed by atoms with van der Waals surface area (Å²) in [5, 5.41) is 15.1. The lowest BCUT2D eigenvalue weighted by Crippen LogP contribution is -2.43. The van der Waals surface area contributed by atoms with Crippen molar-refractivity contribution in [3.8, 4) is 5.75 Å². The van der Waals surface area contributed by atoms with E-state index in [1.165, 1.54) is 12.8 Å².